The molecule has 1 aromatic carbocycles. The van der Waals surface area contributed by atoms with Gasteiger partial charge in [-0.1, -0.05) is 6.58 Å². The Balaban J connectivity index is 2.25. The van der Waals surface area contributed by atoms with Crippen LogP contribution in [0.5, 0.6) is 0 Å². The highest BCUT2D eigenvalue weighted by Gasteiger charge is 2.22. The molecule has 2 rings (SSSR count). The van der Waals surface area contributed by atoms with Crippen molar-refractivity contribution in [2.45, 2.75) is 13.3 Å². The Labute approximate surface area is 99.9 Å². The van der Waals surface area contributed by atoms with E-state index >= 15 is 0 Å². The van der Waals surface area contributed by atoms with Gasteiger partial charge < -0.3 is 10.2 Å². The van der Waals surface area contributed by atoms with Crippen LogP contribution in [0.2, 0.25) is 0 Å². The van der Waals surface area contributed by atoms with Gasteiger partial charge in [-0.25, -0.2) is 0 Å². The minimum absolute atomic E-state index is 0.0478. The molecule has 0 radical (unpaired) electrons. The van der Waals surface area contributed by atoms with Gasteiger partial charge in [0.15, 0.2) is 0 Å². The van der Waals surface area contributed by atoms with Crippen molar-refractivity contribution in [2.75, 3.05) is 16.8 Å². The van der Waals surface area contributed by atoms with Gasteiger partial charge in [0.2, 0.25) is 11.8 Å². The summed E-state index contributed by atoms with van der Waals surface area (Å²) < 4.78 is 0. The molecule has 2 amide bonds. The average Bonchev–Trinajstić information content (AvgIpc) is 2.71. The fourth-order valence-electron chi connectivity index (χ4n) is 2.00. The van der Waals surface area contributed by atoms with Crippen LogP contribution in [0.1, 0.15) is 12.5 Å². The first-order valence-corrected chi connectivity index (χ1v) is 5.46. The highest BCUT2D eigenvalue weighted by molar-refractivity contribution is 5.99. The van der Waals surface area contributed by atoms with E-state index in [0.29, 0.717) is 6.54 Å². The molecular formula is C13H14N2O2. The van der Waals surface area contributed by atoms with E-state index in [4.69, 9.17) is 0 Å². The first kappa shape index (κ1) is 11.4. The van der Waals surface area contributed by atoms with Crippen molar-refractivity contribution >= 4 is 23.2 Å². The van der Waals surface area contributed by atoms with E-state index in [9.17, 15) is 9.59 Å². The topological polar surface area (TPSA) is 49.4 Å². The number of hydrogen-bond donors (Lipinski definition) is 1. The summed E-state index contributed by atoms with van der Waals surface area (Å²) in [5.74, 6) is -0.182. The first-order valence-electron chi connectivity index (χ1n) is 5.46. The molecule has 0 saturated heterocycles. The van der Waals surface area contributed by atoms with Crippen molar-refractivity contribution in [1.29, 1.82) is 0 Å². The Morgan fingerprint density at radius 1 is 1.47 bits per heavy atom. The number of carbonyl (C=O) groups is 2. The van der Waals surface area contributed by atoms with E-state index in [0.717, 1.165) is 23.4 Å². The second-order valence-electron chi connectivity index (χ2n) is 3.96. The van der Waals surface area contributed by atoms with Crippen LogP contribution in [-0.2, 0) is 16.0 Å². The maximum Gasteiger partial charge on any atom is 0.247 e. The Hall–Kier alpha value is -2.10. The number of benzene rings is 1. The van der Waals surface area contributed by atoms with E-state index < -0.39 is 0 Å². The predicted molar refractivity (Wildman–Crippen MR) is 67.0 cm³/mol. The van der Waals surface area contributed by atoms with E-state index in [-0.39, 0.29) is 11.8 Å². The second-order valence-corrected chi connectivity index (χ2v) is 3.96. The molecule has 0 bridgehead atoms. The van der Waals surface area contributed by atoms with Gasteiger partial charge in [-0.3, -0.25) is 9.59 Å². The molecular weight excluding hydrogens is 216 g/mol. The lowest BCUT2D eigenvalue weighted by molar-refractivity contribution is -0.116. The van der Waals surface area contributed by atoms with Crippen LogP contribution < -0.4 is 10.2 Å². The van der Waals surface area contributed by atoms with Gasteiger partial charge >= 0.3 is 0 Å². The summed E-state index contributed by atoms with van der Waals surface area (Å²) in [7, 11) is 0. The van der Waals surface area contributed by atoms with Gasteiger partial charge in [0, 0.05) is 24.8 Å². The Morgan fingerprint density at radius 3 is 2.88 bits per heavy atom. The normalized spacial score (nSPS) is 13.1. The van der Waals surface area contributed by atoms with E-state index in [1.165, 1.54) is 6.08 Å². The number of nitrogens with zero attached hydrogens (tertiary/aromatic N) is 1. The van der Waals surface area contributed by atoms with Crippen LogP contribution in [-0.4, -0.2) is 18.4 Å². The lowest BCUT2D eigenvalue weighted by Gasteiger charge is -2.14. The summed E-state index contributed by atoms with van der Waals surface area (Å²) in [5, 5.41) is 2.70. The van der Waals surface area contributed by atoms with Gasteiger partial charge in [-0.15, -0.1) is 0 Å². The van der Waals surface area contributed by atoms with Crippen LogP contribution in [0.25, 0.3) is 0 Å². The molecule has 4 heteroatoms. The molecule has 0 unspecified atom stereocenters. The summed E-state index contributed by atoms with van der Waals surface area (Å²) in [6, 6.07) is 5.56. The molecule has 0 fully saturated rings. The van der Waals surface area contributed by atoms with Gasteiger partial charge in [-0.05, 0) is 36.3 Å². The van der Waals surface area contributed by atoms with Crippen LogP contribution in [0, 0.1) is 0 Å². The molecule has 0 atom stereocenters. The van der Waals surface area contributed by atoms with E-state index in [1.54, 1.807) is 17.9 Å². The predicted octanol–water partition coefficient (Wildman–Crippen LogP) is 1.72. The zero-order valence-corrected chi connectivity index (χ0v) is 9.69. The SMILES string of the molecule is C=CC(=O)Nc1ccc2c(c1)CCN2C(C)=O. The third-order valence-corrected chi connectivity index (χ3v) is 2.81. The van der Waals surface area contributed by atoms with E-state index in [1.807, 2.05) is 12.1 Å². The largest absolute Gasteiger partial charge is 0.323 e. The number of amides is 2. The zero-order valence-electron chi connectivity index (χ0n) is 9.69. The smallest absolute Gasteiger partial charge is 0.247 e. The van der Waals surface area contributed by atoms with Crippen LogP contribution >= 0.6 is 0 Å². The number of anilines is 2. The highest BCUT2D eigenvalue weighted by Crippen LogP contribution is 2.30. The molecule has 1 aliphatic heterocycles. The highest BCUT2D eigenvalue weighted by atomic mass is 16.2. The summed E-state index contributed by atoms with van der Waals surface area (Å²) in [6.45, 7) is 5.67. The Bertz CT molecular complexity index is 494. The third-order valence-electron chi connectivity index (χ3n) is 2.81. The van der Waals surface area contributed by atoms with Crippen molar-refractivity contribution in [3.05, 3.63) is 36.4 Å². The fraction of sp³-hybridized carbons (Fsp3) is 0.231. The summed E-state index contributed by atoms with van der Waals surface area (Å²) in [5.41, 5.74) is 2.76. The molecule has 1 aliphatic rings. The maximum absolute atomic E-state index is 11.4. The Kier molecular flexibility index (Phi) is 2.95. The third kappa shape index (κ3) is 2.20. The number of hydrogen-bond acceptors (Lipinski definition) is 2. The second kappa shape index (κ2) is 4.41. The van der Waals surface area contributed by atoms with Crippen LogP contribution in [0.3, 0.4) is 0 Å². The van der Waals surface area contributed by atoms with Gasteiger partial charge in [-0.2, -0.15) is 0 Å². The molecule has 1 aromatic rings. The number of nitrogens with one attached hydrogen (secondary N) is 1. The quantitative estimate of drug-likeness (QED) is 0.786. The van der Waals surface area contributed by atoms with Crippen molar-refractivity contribution in [3.63, 3.8) is 0 Å². The van der Waals surface area contributed by atoms with Crippen molar-refractivity contribution in [1.82, 2.24) is 0 Å². The maximum atomic E-state index is 11.4. The lowest BCUT2D eigenvalue weighted by atomic mass is 10.1. The molecule has 0 saturated carbocycles. The monoisotopic (exact) mass is 230 g/mol. The minimum atomic E-state index is -0.230. The molecule has 4 nitrogen and oxygen atoms in total. The van der Waals surface area contributed by atoms with Crippen molar-refractivity contribution in [3.8, 4) is 0 Å². The summed E-state index contributed by atoms with van der Waals surface area (Å²) in [6.07, 6.45) is 2.06. The average molecular weight is 230 g/mol. The Morgan fingerprint density at radius 2 is 2.24 bits per heavy atom. The zero-order chi connectivity index (χ0) is 12.4. The van der Waals surface area contributed by atoms with Gasteiger partial charge in [0.1, 0.15) is 0 Å². The van der Waals surface area contributed by atoms with Crippen molar-refractivity contribution < 1.29 is 9.59 Å². The van der Waals surface area contributed by atoms with Gasteiger partial charge in [0.25, 0.3) is 0 Å². The van der Waals surface area contributed by atoms with Gasteiger partial charge in [0.05, 0.1) is 0 Å². The summed E-state index contributed by atoms with van der Waals surface area (Å²) >= 11 is 0. The molecule has 0 aliphatic carbocycles. The summed E-state index contributed by atoms with van der Waals surface area (Å²) in [4.78, 5) is 24.3. The fourth-order valence-corrected chi connectivity index (χ4v) is 2.00. The van der Waals surface area contributed by atoms with Crippen molar-refractivity contribution in [2.24, 2.45) is 0 Å². The molecule has 1 heterocycles. The molecule has 17 heavy (non-hydrogen) atoms. The number of fused-ring (bicyclic) bond motifs is 1. The molecule has 0 aromatic heterocycles. The lowest BCUT2D eigenvalue weighted by Crippen LogP contribution is -2.25. The molecule has 0 spiro atoms. The number of rotatable bonds is 2. The van der Waals surface area contributed by atoms with Crippen LogP contribution in [0.15, 0.2) is 30.9 Å². The minimum Gasteiger partial charge on any atom is -0.323 e. The first-order chi connectivity index (χ1) is 8.11. The van der Waals surface area contributed by atoms with Crippen LogP contribution in [0.4, 0.5) is 11.4 Å². The standard InChI is InChI=1S/C13H14N2O2/c1-3-13(17)14-11-4-5-12-10(8-11)6-7-15(12)9(2)16/h3-5,8H,1,6-7H2,2H3,(H,14,17). The molecule has 1 N–H and O–H groups in total. The molecule has 88 valence electrons. The van der Waals surface area contributed by atoms with E-state index in [2.05, 4.69) is 11.9 Å². The number of carbonyl (C=O) groups excluding carboxylic acids is 2.